The number of nitrogens with zero attached hydrogens (tertiary/aromatic N) is 8. The number of nitrogens with one attached hydrogen (secondary N) is 2. The molecule has 3 aliphatic rings. The average molecular weight is 1000 g/mol. The van der Waals surface area contributed by atoms with Gasteiger partial charge in [0.1, 0.15) is 42.2 Å². The summed E-state index contributed by atoms with van der Waals surface area (Å²) in [4.78, 5) is 63.9. The Bertz CT molecular complexity index is 3220. The number of fused-ring (bicyclic) bond motifs is 4. The molecule has 3 saturated heterocycles. The number of aliphatic hydroxyl groups is 1. The Hall–Kier alpha value is -7.85. The standard InChI is InChI=1S/C29H31N5O5.C25H23N5O5/c1-4-29(5-2)24(37-16-20-12-8-6-9-13-20)23(38-19(3)35)28(39-29)34-18-32-22-25(30-17-31-26(22)34)33-27(36)21-14-10-7-11-15-21;31-12-25-13-34-19(20(25)33-11-16-7-3-1-4-8-16)24(35-25)30-15-28-18-21(26-14-27-22(18)30)29-23(32)17-9-5-2-6-10-17/h6-15,17-18,23-24,28H,4-5,16H2,1-3H3,(H,30,31,33,36);1-10,14-15,19-20,24,31H,11-13H2,(H,26,27,29,32)/t23-,24?,28+;19-,20?,24+,25-/m00/s1. The molecule has 74 heavy (non-hydrogen) atoms. The van der Waals surface area contributed by atoms with Crippen molar-refractivity contribution in [2.24, 2.45) is 0 Å². The SMILES string of the molecule is CCC1(CC)O[C@@H](n2cnc3c(NC(=O)c4ccccc4)ncnc32)[C@@H](OC(C)=O)C1OCc1ccccc1.O=C(Nc1ncnc2c1ncn2[C@@H]1O[C@@]2(CO)CO[C@H]1C2OCc1ccccc1)c1ccccc1. The summed E-state index contributed by atoms with van der Waals surface area (Å²) >= 11 is 0. The van der Waals surface area contributed by atoms with Gasteiger partial charge in [-0.05, 0) is 48.2 Å². The van der Waals surface area contributed by atoms with Crippen LogP contribution in [0.15, 0.2) is 147 Å². The zero-order valence-electron chi connectivity index (χ0n) is 40.8. The fourth-order valence-electron chi connectivity index (χ4n) is 9.72. The highest BCUT2D eigenvalue weighted by molar-refractivity contribution is 6.07. The van der Waals surface area contributed by atoms with Gasteiger partial charge in [0.15, 0.2) is 52.5 Å². The largest absolute Gasteiger partial charge is 0.455 e. The van der Waals surface area contributed by atoms with Gasteiger partial charge in [-0.3, -0.25) is 23.5 Å². The molecule has 0 spiro atoms. The quantitative estimate of drug-likeness (QED) is 0.0826. The van der Waals surface area contributed by atoms with Crippen molar-refractivity contribution in [2.75, 3.05) is 23.8 Å². The third-order valence-electron chi connectivity index (χ3n) is 13.5. The molecular formula is C54H54N10O10. The van der Waals surface area contributed by atoms with Crippen LogP contribution in [0.2, 0.25) is 0 Å². The molecule has 7 atom stereocenters. The van der Waals surface area contributed by atoms with Gasteiger partial charge in [-0.15, -0.1) is 0 Å². The highest BCUT2D eigenvalue weighted by Crippen LogP contribution is 2.48. The van der Waals surface area contributed by atoms with Crippen molar-refractivity contribution >= 4 is 51.7 Å². The number of aromatic nitrogens is 8. The lowest BCUT2D eigenvalue weighted by molar-refractivity contribution is -0.187. The van der Waals surface area contributed by atoms with E-state index in [4.69, 9.17) is 28.4 Å². The number of carbonyl (C=O) groups is 3. The number of amides is 2. The van der Waals surface area contributed by atoms with Crippen LogP contribution < -0.4 is 10.6 Å². The minimum atomic E-state index is -0.988. The van der Waals surface area contributed by atoms with Gasteiger partial charge in [-0.2, -0.15) is 0 Å². The second-order valence-electron chi connectivity index (χ2n) is 18.0. The Labute approximate surface area is 425 Å². The Morgan fingerprint density at radius 3 is 1.58 bits per heavy atom. The van der Waals surface area contributed by atoms with Gasteiger partial charge in [-0.1, -0.05) is 111 Å². The van der Waals surface area contributed by atoms with Gasteiger partial charge in [0.25, 0.3) is 11.8 Å². The van der Waals surface area contributed by atoms with E-state index in [1.165, 1.54) is 19.6 Å². The van der Waals surface area contributed by atoms with Crippen LogP contribution in [0, 0.1) is 0 Å². The fraction of sp³-hybridized carbons (Fsp3) is 0.315. The topological polar surface area (TPSA) is 238 Å². The Balaban J connectivity index is 0.000000170. The predicted octanol–water partition coefficient (Wildman–Crippen LogP) is 7.01. The number of hydrogen-bond acceptors (Lipinski definition) is 16. The number of rotatable bonds is 16. The molecule has 11 rings (SSSR count). The average Bonchev–Trinajstić information content (AvgIpc) is 4.30. The first kappa shape index (κ1) is 49.7. The maximum absolute atomic E-state index is 12.8. The normalized spacial score (nSPS) is 22.5. The van der Waals surface area contributed by atoms with E-state index in [1.807, 2.05) is 86.6 Å². The van der Waals surface area contributed by atoms with Gasteiger partial charge in [-0.25, -0.2) is 29.9 Å². The smallest absolute Gasteiger partial charge is 0.303 e. The molecule has 380 valence electrons. The third-order valence-corrected chi connectivity index (χ3v) is 13.5. The number of hydrogen-bond donors (Lipinski definition) is 3. The molecule has 2 unspecified atom stereocenters. The van der Waals surface area contributed by atoms with E-state index in [0.717, 1.165) is 11.1 Å². The summed E-state index contributed by atoms with van der Waals surface area (Å²) in [7, 11) is 0. The summed E-state index contributed by atoms with van der Waals surface area (Å²) in [5, 5.41) is 15.8. The van der Waals surface area contributed by atoms with Crippen molar-refractivity contribution in [1.29, 1.82) is 0 Å². The van der Waals surface area contributed by atoms with Crippen molar-refractivity contribution in [3.8, 4) is 0 Å². The lowest BCUT2D eigenvalue weighted by Gasteiger charge is -2.33. The summed E-state index contributed by atoms with van der Waals surface area (Å²) in [6.07, 6.45) is 3.50. The maximum atomic E-state index is 12.8. The van der Waals surface area contributed by atoms with Crippen molar-refractivity contribution in [3.63, 3.8) is 0 Å². The number of imidazole rings is 2. The fourth-order valence-corrected chi connectivity index (χ4v) is 9.72. The molecule has 3 N–H and O–H groups in total. The first-order valence-corrected chi connectivity index (χ1v) is 24.3. The van der Waals surface area contributed by atoms with Crippen molar-refractivity contribution in [1.82, 2.24) is 39.0 Å². The molecule has 0 radical (unpaired) electrons. The molecule has 7 heterocycles. The Kier molecular flexibility index (Phi) is 14.6. The van der Waals surface area contributed by atoms with Gasteiger partial charge >= 0.3 is 5.97 Å². The molecule has 8 aromatic rings. The minimum Gasteiger partial charge on any atom is -0.455 e. The zero-order valence-corrected chi connectivity index (χ0v) is 40.8. The van der Waals surface area contributed by atoms with Gasteiger partial charge in [0, 0.05) is 18.1 Å². The van der Waals surface area contributed by atoms with E-state index in [-0.39, 0.29) is 30.8 Å². The van der Waals surface area contributed by atoms with Gasteiger partial charge in [0.2, 0.25) is 0 Å². The van der Waals surface area contributed by atoms with Crippen LogP contribution in [0.1, 0.15) is 77.9 Å². The summed E-state index contributed by atoms with van der Waals surface area (Å²) in [6.45, 7) is 6.11. The van der Waals surface area contributed by atoms with Crippen molar-refractivity contribution < 1.29 is 47.9 Å². The van der Waals surface area contributed by atoms with E-state index in [1.54, 1.807) is 70.3 Å². The van der Waals surface area contributed by atoms with Crippen LogP contribution in [0.4, 0.5) is 11.6 Å². The van der Waals surface area contributed by atoms with Gasteiger partial charge in [0.05, 0.1) is 39.1 Å². The van der Waals surface area contributed by atoms with Crippen molar-refractivity contribution in [3.05, 3.63) is 169 Å². The Morgan fingerprint density at radius 1 is 0.635 bits per heavy atom. The molecular weight excluding hydrogens is 949 g/mol. The van der Waals surface area contributed by atoms with E-state index >= 15 is 0 Å². The van der Waals surface area contributed by atoms with Crippen LogP contribution in [-0.4, -0.2) is 111 Å². The van der Waals surface area contributed by atoms with Crippen molar-refractivity contribution in [2.45, 2.75) is 94.9 Å². The zero-order chi connectivity index (χ0) is 51.2. The third kappa shape index (κ3) is 9.85. The van der Waals surface area contributed by atoms with E-state index in [0.29, 0.717) is 65.3 Å². The molecule has 2 amide bonds. The molecule has 3 aliphatic heterocycles. The van der Waals surface area contributed by atoms with Crippen LogP contribution in [0.3, 0.4) is 0 Å². The predicted molar refractivity (Wildman–Crippen MR) is 268 cm³/mol. The molecule has 4 aromatic heterocycles. The van der Waals surface area contributed by atoms with Crippen LogP contribution >= 0.6 is 0 Å². The summed E-state index contributed by atoms with van der Waals surface area (Å²) in [5.41, 5.74) is 3.03. The van der Waals surface area contributed by atoms with Gasteiger partial charge < -0.3 is 44.2 Å². The number of benzene rings is 4. The molecule has 3 fully saturated rings. The lowest BCUT2D eigenvalue weighted by Crippen LogP contribution is -2.45. The number of anilines is 2. The van der Waals surface area contributed by atoms with Crippen LogP contribution in [0.5, 0.6) is 0 Å². The highest BCUT2D eigenvalue weighted by Gasteiger charge is 2.63. The second kappa shape index (κ2) is 21.7. The number of ether oxygens (including phenoxy) is 6. The minimum absolute atomic E-state index is 0.226. The van der Waals surface area contributed by atoms with E-state index in [2.05, 4.69) is 40.5 Å². The molecule has 20 nitrogen and oxygen atoms in total. The van der Waals surface area contributed by atoms with E-state index < -0.39 is 54.0 Å². The monoisotopic (exact) mass is 1000 g/mol. The molecule has 20 heteroatoms. The molecule has 2 bridgehead atoms. The summed E-state index contributed by atoms with van der Waals surface area (Å²) in [5.74, 6) is -0.498. The first-order chi connectivity index (χ1) is 36.1. The maximum Gasteiger partial charge on any atom is 0.303 e. The number of aliphatic hydroxyl groups excluding tert-OH is 1. The summed E-state index contributed by atoms with van der Waals surface area (Å²) < 4.78 is 41.0. The number of esters is 1. The molecule has 4 aromatic carbocycles. The Morgan fingerprint density at radius 2 is 1.11 bits per heavy atom. The van der Waals surface area contributed by atoms with E-state index in [9.17, 15) is 19.5 Å². The van der Waals surface area contributed by atoms with Crippen LogP contribution in [-0.2, 0) is 46.4 Å². The molecule has 0 saturated carbocycles. The van der Waals surface area contributed by atoms with Crippen LogP contribution in [0.25, 0.3) is 22.3 Å². The highest BCUT2D eigenvalue weighted by atomic mass is 16.7. The first-order valence-electron chi connectivity index (χ1n) is 24.3. The number of carbonyl (C=O) groups excluding carboxylic acids is 3. The lowest BCUT2D eigenvalue weighted by atomic mass is 9.89. The molecule has 0 aliphatic carbocycles. The summed E-state index contributed by atoms with van der Waals surface area (Å²) in [6, 6.07) is 37.3. The second-order valence-corrected chi connectivity index (χ2v) is 18.0.